The summed E-state index contributed by atoms with van der Waals surface area (Å²) < 4.78 is 5.77. The highest BCUT2D eigenvalue weighted by molar-refractivity contribution is 8.00. The molecule has 1 aliphatic carbocycles. The Hall–Kier alpha value is -1.82. The average Bonchev–Trinajstić information content (AvgIpc) is 3.09. The third kappa shape index (κ3) is 4.24. The summed E-state index contributed by atoms with van der Waals surface area (Å²) in [7, 11) is 1.92. The maximum Gasteiger partial charge on any atom is 0.277 e. The quantitative estimate of drug-likeness (QED) is 0.744. The van der Waals surface area contributed by atoms with Crippen LogP contribution in [0.4, 0.5) is 0 Å². The summed E-state index contributed by atoms with van der Waals surface area (Å²) >= 11 is 1.33. The van der Waals surface area contributed by atoms with E-state index in [9.17, 15) is 4.79 Å². The molecule has 6 heteroatoms. The lowest BCUT2D eigenvalue weighted by atomic mass is 9.94. The zero-order valence-corrected chi connectivity index (χ0v) is 15.9. The van der Waals surface area contributed by atoms with Crippen molar-refractivity contribution in [2.24, 2.45) is 0 Å². The number of nitrogens with zero attached hydrogens (tertiary/aromatic N) is 3. The van der Waals surface area contributed by atoms with Gasteiger partial charge in [0.1, 0.15) is 0 Å². The number of carbonyl (C=O) groups is 1. The Morgan fingerprint density at radius 1 is 1.24 bits per heavy atom. The molecule has 2 aromatic rings. The van der Waals surface area contributed by atoms with Crippen LogP contribution in [0.3, 0.4) is 0 Å². The number of aromatic nitrogens is 2. The molecule has 0 unspecified atom stereocenters. The summed E-state index contributed by atoms with van der Waals surface area (Å²) in [5.41, 5.74) is 2.02. The van der Waals surface area contributed by atoms with Gasteiger partial charge in [0.2, 0.25) is 11.8 Å². The molecule has 0 N–H and O–H groups in total. The predicted molar refractivity (Wildman–Crippen MR) is 99.4 cm³/mol. The van der Waals surface area contributed by atoms with Gasteiger partial charge in [0, 0.05) is 18.7 Å². The number of thioether (sulfide) groups is 1. The molecule has 0 saturated heterocycles. The van der Waals surface area contributed by atoms with Crippen LogP contribution in [-0.2, 0) is 4.79 Å². The topological polar surface area (TPSA) is 59.2 Å². The zero-order chi connectivity index (χ0) is 17.8. The Balaban J connectivity index is 1.64. The molecular formula is C19H25N3O2S. The van der Waals surface area contributed by atoms with E-state index >= 15 is 0 Å². The zero-order valence-electron chi connectivity index (χ0n) is 15.1. The lowest BCUT2D eigenvalue weighted by molar-refractivity contribution is -0.131. The van der Waals surface area contributed by atoms with Crippen molar-refractivity contribution in [1.82, 2.24) is 15.1 Å². The van der Waals surface area contributed by atoms with E-state index in [1.165, 1.54) is 31.0 Å². The van der Waals surface area contributed by atoms with Gasteiger partial charge in [0.05, 0.1) is 5.25 Å². The van der Waals surface area contributed by atoms with Crippen LogP contribution in [-0.4, -0.2) is 39.3 Å². The summed E-state index contributed by atoms with van der Waals surface area (Å²) in [6.07, 6.45) is 5.93. The van der Waals surface area contributed by atoms with E-state index in [1.807, 2.05) is 50.1 Å². The molecule has 1 atom stereocenters. The summed E-state index contributed by atoms with van der Waals surface area (Å²) in [6.45, 7) is 3.92. The highest BCUT2D eigenvalue weighted by atomic mass is 32.2. The highest BCUT2D eigenvalue weighted by Gasteiger charge is 2.27. The number of carbonyl (C=O) groups excluding carboxylic acids is 1. The van der Waals surface area contributed by atoms with E-state index in [0.29, 0.717) is 17.2 Å². The van der Waals surface area contributed by atoms with Crippen molar-refractivity contribution in [2.75, 3.05) is 7.05 Å². The van der Waals surface area contributed by atoms with E-state index in [1.54, 1.807) is 0 Å². The first-order valence-electron chi connectivity index (χ1n) is 8.89. The SMILES string of the molecule is Cc1ccccc1-c1nnc(S[C@H](C)C(=O)N(C)C2CCCCC2)o1. The Labute approximate surface area is 153 Å². The Kier molecular flexibility index (Phi) is 5.78. The molecule has 1 amide bonds. The molecule has 0 bridgehead atoms. The molecule has 0 radical (unpaired) electrons. The van der Waals surface area contributed by atoms with E-state index in [-0.39, 0.29) is 11.2 Å². The van der Waals surface area contributed by atoms with Gasteiger partial charge < -0.3 is 9.32 Å². The standard InChI is InChI=1S/C19H25N3O2S/c1-13-9-7-8-12-16(13)17-20-21-19(24-17)25-14(2)18(23)22(3)15-10-5-4-6-11-15/h7-9,12,14-15H,4-6,10-11H2,1-3H3/t14-/m1/s1. The second kappa shape index (κ2) is 8.04. The van der Waals surface area contributed by atoms with Gasteiger partial charge >= 0.3 is 0 Å². The first kappa shape index (κ1) is 18.0. The van der Waals surface area contributed by atoms with Crippen molar-refractivity contribution in [3.63, 3.8) is 0 Å². The van der Waals surface area contributed by atoms with E-state index in [2.05, 4.69) is 10.2 Å². The van der Waals surface area contributed by atoms with Crippen LogP contribution in [0, 0.1) is 6.92 Å². The largest absolute Gasteiger partial charge is 0.411 e. The summed E-state index contributed by atoms with van der Waals surface area (Å²) in [5.74, 6) is 0.633. The van der Waals surface area contributed by atoms with Crippen LogP contribution >= 0.6 is 11.8 Å². The number of hydrogen-bond acceptors (Lipinski definition) is 5. The number of hydrogen-bond donors (Lipinski definition) is 0. The molecule has 1 saturated carbocycles. The van der Waals surface area contributed by atoms with Crippen LogP contribution < -0.4 is 0 Å². The van der Waals surface area contributed by atoms with Gasteiger partial charge in [-0.1, -0.05) is 49.2 Å². The maximum absolute atomic E-state index is 12.7. The van der Waals surface area contributed by atoms with Gasteiger partial charge in [-0.25, -0.2) is 0 Å². The van der Waals surface area contributed by atoms with Crippen molar-refractivity contribution >= 4 is 17.7 Å². The normalized spacial score (nSPS) is 16.6. The molecule has 3 rings (SSSR count). The second-order valence-electron chi connectivity index (χ2n) is 6.69. The maximum atomic E-state index is 12.7. The minimum Gasteiger partial charge on any atom is -0.411 e. The molecule has 1 aromatic carbocycles. The lowest BCUT2D eigenvalue weighted by Gasteiger charge is -2.32. The number of amides is 1. The Morgan fingerprint density at radius 3 is 2.68 bits per heavy atom. The van der Waals surface area contributed by atoms with Gasteiger partial charge in [0.15, 0.2) is 0 Å². The van der Waals surface area contributed by atoms with Crippen LogP contribution in [0.15, 0.2) is 33.9 Å². The van der Waals surface area contributed by atoms with Gasteiger partial charge in [-0.15, -0.1) is 10.2 Å². The smallest absolute Gasteiger partial charge is 0.277 e. The summed E-state index contributed by atoms with van der Waals surface area (Å²) in [5, 5.41) is 8.44. The Bertz CT molecular complexity index is 725. The van der Waals surface area contributed by atoms with Gasteiger partial charge in [-0.05, 0) is 38.3 Å². The highest BCUT2D eigenvalue weighted by Crippen LogP contribution is 2.29. The molecule has 0 aliphatic heterocycles. The van der Waals surface area contributed by atoms with Crippen LogP contribution in [0.5, 0.6) is 0 Å². The molecule has 5 nitrogen and oxygen atoms in total. The number of aryl methyl sites for hydroxylation is 1. The third-order valence-electron chi connectivity index (χ3n) is 4.88. The molecule has 0 spiro atoms. The van der Waals surface area contributed by atoms with E-state index in [4.69, 9.17) is 4.42 Å². The van der Waals surface area contributed by atoms with Crippen LogP contribution in [0.2, 0.25) is 0 Å². The third-order valence-corrected chi connectivity index (χ3v) is 5.80. The first-order valence-corrected chi connectivity index (χ1v) is 9.77. The van der Waals surface area contributed by atoms with Crippen molar-refractivity contribution in [1.29, 1.82) is 0 Å². The summed E-state index contributed by atoms with van der Waals surface area (Å²) in [4.78, 5) is 14.6. The Morgan fingerprint density at radius 2 is 1.96 bits per heavy atom. The predicted octanol–water partition coefficient (Wildman–Crippen LogP) is 4.32. The van der Waals surface area contributed by atoms with Crippen molar-refractivity contribution in [3.8, 4) is 11.5 Å². The second-order valence-corrected chi connectivity index (χ2v) is 7.98. The van der Waals surface area contributed by atoms with Gasteiger partial charge in [0.25, 0.3) is 5.22 Å². The molecular weight excluding hydrogens is 334 g/mol. The van der Waals surface area contributed by atoms with Crippen molar-refractivity contribution < 1.29 is 9.21 Å². The number of rotatable bonds is 5. The average molecular weight is 359 g/mol. The minimum absolute atomic E-state index is 0.132. The molecule has 1 aromatic heterocycles. The fraction of sp³-hybridized carbons (Fsp3) is 0.526. The molecule has 134 valence electrons. The van der Waals surface area contributed by atoms with Crippen molar-refractivity contribution in [3.05, 3.63) is 29.8 Å². The van der Waals surface area contributed by atoms with E-state index in [0.717, 1.165) is 24.0 Å². The summed E-state index contributed by atoms with van der Waals surface area (Å²) in [6, 6.07) is 8.27. The van der Waals surface area contributed by atoms with E-state index < -0.39 is 0 Å². The molecule has 25 heavy (non-hydrogen) atoms. The number of benzene rings is 1. The van der Waals surface area contributed by atoms with Crippen LogP contribution in [0.25, 0.3) is 11.5 Å². The lowest BCUT2D eigenvalue weighted by Crippen LogP contribution is -2.42. The van der Waals surface area contributed by atoms with Gasteiger partial charge in [-0.2, -0.15) is 0 Å². The monoisotopic (exact) mass is 359 g/mol. The minimum atomic E-state index is -0.239. The fourth-order valence-corrected chi connectivity index (χ4v) is 4.10. The molecule has 1 heterocycles. The molecule has 1 fully saturated rings. The van der Waals surface area contributed by atoms with Crippen LogP contribution in [0.1, 0.15) is 44.6 Å². The van der Waals surface area contributed by atoms with Gasteiger partial charge in [-0.3, -0.25) is 4.79 Å². The fourth-order valence-electron chi connectivity index (χ4n) is 3.32. The first-order chi connectivity index (χ1) is 12.1. The van der Waals surface area contributed by atoms with Crippen molar-refractivity contribution in [2.45, 2.75) is 62.5 Å². The molecule has 1 aliphatic rings.